The van der Waals surface area contributed by atoms with Gasteiger partial charge in [-0.3, -0.25) is 0 Å². The SMILES string of the molecule is Cc1ccc(C2CCCCCC2CCN)cc1. The molecule has 2 rings (SSSR count). The van der Waals surface area contributed by atoms with Crippen LogP contribution in [-0.4, -0.2) is 6.54 Å². The number of benzene rings is 1. The van der Waals surface area contributed by atoms with E-state index >= 15 is 0 Å². The number of hydrogen-bond acceptors (Lipinski definition) is 1. The average Bonchev–Trinajstić information content (AvgIpc) is 2.56. The summed E-state index contributed by atoms with van der Waals surface area (Å²) in [5.41, 5.74) is 8.67. The van der Waals surface area contributed by atoms with Crippen LogP contribution in [0.3, 0.4) is 0 Å². The molecule has 0 amide bonds. The summed E-state index contributed by atoms with van der Waals surface area (Å²) in [7, 11) is 0. The van der Waals surface area contributed by atoms with Gasteiger partial charge in [-0.05, 0) is 50.1 Å². The minimum atomic E-state index is 0.752. The van der Waals surface area contributed by atoms with Gasteiger partial charge in [0.2, 0.25) is 0 Å². The minimum Gasteiger partial charge on any atom is -0.330 e. The minimum absolute atomic E-state index is 0.752. The molecule has 17 heavy (non-hydrogen) atoms. The molecular formula is C16H25N. The Morgan fingerprint density at radius 3 is 2.47 bits per heavy atom. The summed E-state index contributed by atoms with van der Waals surface area (Å²) in [4.78, 5) is 0. The molecule has 1 nitrogen and oxygen atoms in total. The molecular weight excluding hydrogens is 206 g/mol. The first-order valence-electron chi connectivity index (χ1n) is 7.08. The first-order chi connectivity index (χ1) is 8.31. The third-order valence-electron chi connectivity index (χ3n) is 4.20. The van der Waals surface area contributed by atoms with Crippen LogP contribution >= 0.6 is 0 Å². The lowest BCUT2D eigenvalue weighted by Gasteiger charge is -2.25. The molecule has 0 spiro atoms. The normalized spacial score (nSPS) is 25.5. The van der Waals surface area contributed by atoms with E-state index in [1.807, 2.05) is 0 Å². The molecule has 1 aliphatic carbocycles. The van der Waals surface area contributed by atoms with Crippen molar-refractivity contribution in [3.05, 3.63) is 35.4 Å². The third kappa shape index (κ3) is 3.32. The number of rotatable bonds is 3. The van der Waals surface area contributed by atoms with Crippen molar-refractivity contribution in [1.82, 2.24) is 0 Å². The molecule has 1 heteroatoms. The van der Waals surface area contributed by atoms with Crippen LogP contribution in [-0.2, 0) is 0 Å². The van der Waals surface area contributed by atoms with E-state index in [-0.39, 0.29) is 0 Å². The van der Waals surface area contributed by atoms with Crippen LogP contribution in [0, 0.1) is 12.8 Å². The summed E-state index contributed by atoms with van der Waals surface area (Å²) in [5, 5.41) is 0. The lowest BCUT2D eigenvalue weighted by molar-refractivity contribution is 0.378. The van der Waals surface area contributed by atoms with Crippen LogP contribution in [0.1, 0.15) is 55.6 Å². The summed E-state index contributed by atoms with van der Waals surface area (Å²) >= 11 is 0. The highest BCUT2D eigenvalue weighted by Crippen LogP contribution is 2.38. The number of nitrogens with two attached hydrogens (primary N) is 1. The van der Waals surface area contributed by atoms with Gasteiger partial charge in [-0.25, -0.2) is 0 Å². The van der Waals surface area contributed by atoms with Gasteiger partial charge in [0.15, 0.2) is 0 Å². The van der Waals surface area contributed by atoms with Gasteiger partial charge in [0.05, 0.1) is 0 Å². The zero-order valence-electron chi connectivity index (χ0n) is 11.0. The average molecular weight is 231 g/mol. The zero-order chi connectivity index (χ0) is 12.1. The van der Waals surface area contributed by atoms with Gasteiger partial charge in [0.25, 0.3) is 0 Å². The molecule has 1 aromatic carbocycles. The molecule has 94 valence electrons. The van der Waals surface area contributed by atoms with Gasteiger partial charge >= 0.3 is 0 Å². The monoisotopic (exact) mass is 231 g/mol. The Morgan fingerprint density at radius 2 is 1.76 bits per heavy atom. The van der Waals surface area contributed by atoms with E-state index in [4.69, 9.17) is 5.73 Å². The van der Waals surface area contributed by atoms with Crippen LogP contribution in [0.15, 0.2) is 24.3 Å². The second-order valence-corrected chi connectivity index (χ2v) is 5.49. The van der Waals surface area contributed by atoms with E-state index in [0.29, 0.717) is 0 Å². The second-order valence-electron chi connectivity index (χ2n) is 5.49. The van der Waals surface area contributed by atoms with Crippen molar-refractivity contribution in [3.8, 4) is 0 Å². The Morgan fingerprint density at radius 1 is 1.06 bits per heavy atom. The van der Waals surface area contributed by atoms with E-state index in [2.05, 4.69) is 31.2 Å². The molecule has 2 N–H and O–H groups in total. The highest BCUT2D eigenvalue weighted by molar-refractivity contribution is 5.25. The summed E-state index contributed by atoms with van der Waals surface area (Å²) < 4.78 is 0. The highest BCUT2D eigenvalue weighted by Gasteiger charge is 2.24. The van der Waals surface area contributed by atoms with Gasteiger partial charge in [-0.15, -0.1) is 0 Å². The van der Waals surface area contributed by atoms with Crippen molar-refractivity contribution in [2.24, 2.45) is 11.7 Å². The van der Waals surface area contributed by atoms with E-state index in [0.717, 1.165) is 18.4 Å². The predicted octanol–water partition coefficient (Wildman–Crippen LogP) is 4.01. The summed E-state index contributed by atoms with van der Waals surface area (Å²) in [6.07, 6.45) is 8.11. The first kappa shape index (κ1) is 12.6. The maximum atomic E-state index is 5.77. The molecule has 0 bridgehead atoms. The number of aryl methyl sites for hydroxylation is 1. The predicted molar refractivity (Wildman–Crippen MR) is 74.2 cm³/mol. The van der Waals surface area contributed by atoms with Crippen molar-refractivity contribution in [3.63, 3.8) is 0 Å². The van der Waals surface area contributed by atoms with Crippen molar-refractivity contribution < 1.29 is 0 Å². The smallest absolute Gasteiger partial charge is 0.00744 e. The molecule has 1 aliphatic rings. The number of hydrogen-bond donors (Lipinski definition) is 1. The van der Waals surface area contributed by atoms with Gasteiger partial charge in [0.1, 0.15) is 0 Å². The maximum absolute atomic E-state index is 5.77. The van der Waals surface area contributed by atoms with Crippen LogP contribution in [0.2, 0.25) is 0 Å². The summed E-state index contributed by atoms with van der Waals surface area (Å²) in [6.45, 7) is 3.00. The largest absolute Gasteiger partial charge is 0.330 e. The van der Waals surface area contributed by atoms with Gasteiger partial charge in [-0.2, -0.15) is 0 Å². The quantitative estimate of drug-likeness (QED) is 0.782. The topological polar surface area (TPSA) is 26.0 Å². The van der Waals surface area contributed by atoms with Crippen molar-refractivity contribution in [2.45, 2.75) is 51.4 Å². The van der Waals surface area contributed by atoms with Crippen molar-refractivity contribution in [1.29, 1.82) is 0 Å². The Hall–Kier alpha value is -0.820. The van der Waals surface area contributed by atoms with Crippen LogP contribution in [0.25, 0.3) is 0 Å². The molecule has 0 saturated heterocycles. The lowest BCUT2D eigenvalue weighted by atomic mass is 9.80. The van der Waals surface area contributed by atoms with Crippen LogP contribution in [0.4, 0.5) is 0 Å². The maximum Gasteiger partial charge on any atom is -0.00744 e. The highest BCUT2D eigenvalue weighted by atomic mass is 14.5. The summed E-state index contributed by atoms with van der Waals surface area (Å²) in [5.74, 6) is 1.56. The molecule has 2 unspecified atom stereocenters. The van der Waals surface area contributed by atoms with Gasteiger partial charge in [0, 0.05) is 0 Å². The van der Waals surface area contributed by atoms with Crippen molar-refractivity contribution in [2.75, 3.05) is 6.54 Å². The molecule has 0 aliphatic heterocycles. The van der Waals surface area contributed by atoms with E-state index in [1.54, 1.807) is 0 Å². The second kappa shape index (κ2) is 6.20. The summed E-state index contributed by atoms with van der Waals surface area (Å²) in [6, 6.07) is 9.16. The lowest BCUT2D eigenvalue weighted by Crippen LogP contribution is -2.16. The molecule has 1 saturated carbocycles. The van der Waals surface area contributed by atoms with Crippen LogP contribution in [0.5, 0.6) is 0 Å². The fourth-order valence-electron chi connectivity index (χ4n) is 3.20. The Balaban J connectivity index is 2.16. The molecule has 2 atom stereocenters. The standard InChI is InChI=1S/C16H25N/c1-13-7-9-15(10-8-13)16-6-4-2-3-5-14(16)11-12-17/h7-10,14,16H,2-6,11-12,17H2,1H3. The van der Waals surface area contributed by atoms with E-state index in [1.165, 1.54) is 49.7 Å². The molecule has 0 aromatic heterocycles. The molecule has 0 radical (unpaired) electrons. The van der Waals surface area contributed by atoms with Crippen molar-refractivity contribution >= 4 is 0 Å². The van der Waals surface area contributed by atoms with Gasteiger partial charge in [-0.1, -0.05) is 49.1 Å². The first-order valence-corrected chi connectivity index (χ1v) is 7.08. The Bertz CT molecular complexity index is 328. The fourth-order valence-corrected chi connectivity index (χ4v) is 3.20. The Kier molecular flexibility index (Phi) is 4.61. The Labute approximate surface area is 105 Å². The molecule has 1 fully saturated rings. The van der Waals surface area contributed by atoms with Crippen LogP contribution < -0.4 is 5.73 Å². The van der Waals surface area contributed by atoms with Gasteiger partial charge < -0.3 is 5.73 Å². The van der Waals surface area contributed by atoms with E-state index in [9.17, 15) is 0 Å². The third-order valence-corrected chi connectivity index (χ3v) is 4.20. The van der Waals surface area contributed by atoms with E-state index < -0.39 is 0 Å². The molecule has 0 heterocycles. The zero-order valence-corrected chi connectivity index (χ0v) is 11.0. The molecule has 1 aromatic rings. The fraction of sp³-hybridized carbons (Fsp3) is 0.625.